The van der Waals surface area contributed by atoms with E-state index in [4.69, 9.17) is 13.9 Å². The molecule has 0 unspecified atom stereocenters. The van der Waals surface area contributed by atoms with Crippen LogP contribution in [-0.2, 0) is 20.9 Å². The van der Waals surface area contributed by atoms with E-state index >= 15 is 0 Å². The maximum atomic E-state index is 12.8. The predicted molar refractivity (Wildman–Crippen MR) is 118 cm³/mol. The van der Waals surface area contributed by atoms with Crippen LogP contribution < -0.4 is 4.74 Å². The number of esters is 1. The fourth-order valence-electron chi connectivity index (χ4n) is 3.23. The monoisotopic (exact) mass is 421 g/mol. The Labute approximate surface area is 182 Å². The van der Waals surface area contributed by atoms with Crippen LogP contribution in [0.5, 0.6) is 5.75 Å². The second-order valence-corrected chi connectivity index (χ2v) is 7.11. The molecule has 31 heavy (non-hydrogen) atoms. The number of benzene rings is 1. The molecule has 2 aromatic rings. The number of allylic oxidation sites excluding steroid dienone is 2. The van der Waals surface area contributed by atoms with E-state index in [1.165, 1.54) is 6.08 Å². The third kappa shape index (κ3) is 7.03. The lowest BCUT2D eigenvalue weighted by Gasteiger charge is -2.26. The van der Waals surface area contributed by atoms with E-state index in [1.54, 1.807) is 29.4 Å². The van der Waals surface area contributed by atoms with Gasteiger partial charge in [-0.05, 0) is 61.6 Å². The highest BCUT2D eigenvalue weighted by Gasteiger charge is 2.21. The number of carbonyl (C=O) groups is 2. The highest BCUT2D eigenvalue weighted by molar-refractivity contribution is 5.89. The van der Waals surface area contributed by atoms with Gasteiger partial charge in [-0.25, -0.2) is 4.79 Å². The van der Waals surface area contributed by atoms with Crippen LogP contribution in [-0.4, -0.2) is 30.0 Å². The average molecular weight is 421 g/mol. The lowest BCUT2D eigenvalue weighted by Crippen LogP contribution is -2.34. The smallest absolute Gasteiger partial charge is 0.331 e. The summed E-state index contributed by atoms with van der Waals surface area (Å²) in [7, 11) is 0. The molecule has 1 aromatic heterocycles. The Morgan fingerprint density at radius 3 is 2.68 bits per heavy atom. The normalized spacial score (nSPS) is 13.5. The molecule has 0 spiro atoms. The standard InChI is InChI=1S/C25H27NO5/c1-2-16-29-22-13-10-20(11-14-22)12-15-25(28)31-19-24(27)26(18-23-9-6-17-30-23)21-7-4-3-5-8-21/h2,6-7,9-15,17H,1,3-5,8,16,18-19H2/b15-12+. The van der Waals surface area contributed by atoms with Gasteiger partial charge in [0.15, 0.2) is 6.61 Å². The van der Waals surface area contributed by atoms with Crippen LogP contribution in [0.2, 0.25) is 0 Å². The van der Waals surface area contributed by atoms with Gasteiger partial charge >= 0.3 is 5.97 Å². The van der Waals surface area contributed by atoms with E-state index in [9.17, 15) is 9.59 Å². The molecule has 3 rings (SSSR count). The summed E-state index contributed by atoms with van der Waals surface area (Å²) in [5, 5.41) is 0. The van der Waals surface area contributed by atoms with Crippen molar-refractivity contribution in [1.82, 2.24) is 4.90 Å². The molecule has 1 heterocycles. The van der Waals surface area contributed by atoms with Crippen molar-refractivity contribution < 1.29 is 23.5 Å². The van der Waals surface area contributed by atoms with E-state index in [1.807, 2.05) is 30.3 Å². The van der Waals surface area contributed by atoms with Crippen molar-refractivity contribution in [3.63, 3.8) is 0 Å². The second-order valence-electron chi connectivity index (χ2n) is 7.11. The van der Waals surface area contributed by atoms with Gasteiger partial charge in [0.05, 0.1) is 12.8 Å². The van der Waals surface area contributed by atoms with Crippen molar-refractivity contribution in [2.45, 2.75) is 32.2 Å². The van der Waals surface area contributed by atoms with Gasteiger partial charge in [-0.1, -0.05) is 30.9 Å². The first-order valence-corrected chi connectivity index (χ1v) is 10.4. The van der Waals surface area contributed by atoms with E-state index in [0.717, 1.165) is 42.7 Å². The van der Waals surface area contributed by atoms with E-state index in [0.29, 0.717) is 18.9 Å². The van der Waals surface area contributed by atoms with E-state index in [2.05, 4.69) is 12.7 Å². The number of rotatable bonds is 10. The van der Waals surface area contributed by atoms with Gasteiger partial charge in [0, 0.05) is 11.8 Å². The number of hydrogen-bond acceptors (Lipinski definition) is 5. The molecule has 6 nitrogen and oxygen atoms in total. The Hall–Kier alpha value is -3.54. The minimum atomic E-state index is -0.573. The zero-order chi connectivity index (χ0) is 21.9. The van der Waals surface area contributed by atoms with Crippen molar-refractivity contribution in [3.8, 4) is 5.75 Å². The fourth-order valence-corrected chi connectivity index (χ4v) is 3.23. The third-order valence-corrected chi connectivity index (χ3v) is 4.81. The van der Waals surface area contributed by atoms with Crippen LogP contribution in [0.4, 0.5) is 0 Å². The van der Waals surface area contributed by atoms with E-state index < -0.39 is 5.97 Å². The molecule has 6 heteroatoms. The zero-order valence-electron chi connectivity index (χ0n) is 17.5. The number of hydrogen-bond donors (Lipinski definition) is 0. The lowest BCUT2D eigenvalue weighted by atomic mass is 10.0. The van der Waals surface area contributed by atoms with Gasteiger partial charge in [0.2, 0.25) is 0 Å². The number of nitrogens with zero attached hydrogens (tertiary/aromatic N) is 1. The second kappa shape index (κ2) is 11.6. The first kappa shape index (κ1) is 22.2. The van der Waals surface area contributed by atoms with Gasteiger partial charge in [-0.3, -0.25) is 4.79 Å². The quantitative estimate of drug-likeness (QED) is 0.310. The van der Waals surface area contributed by atoms with Crippen molar-refractivity contribution in [2.75, 3.05) is 13.2 Å². The van der Waals surface area contributed by atoms with Gasteiger partial charge in [0.1, 0.15) is 18.1 Å². The molecule has 0 fully saturated rings. The van der Waals surface area contributed by atoms with Gasteiger partial charge in [-0.2, -0.15) is 0 Å². The molecule has 0 saturated carbocycles. The van der Waals surface area contributed by atoms with Crippen LogP contribution in [0.3, 0.4) is 0 Å². The molecular weight excluding hydrogens is 394 g/mol. The predicted octanol–water partition coefficient (Wildman–Crippen LogP) is 4.89. The molecule has 0 saturated heterocycles. The molecule has 0 N–H and O–H groups in total. The molecule has 0 atom stereocenters. The van der Waals surface area contributed by atoms with Gasteiger partial charge < -0.3 is 18.8 Å². The summed E-state index contributed by atoms with van der Waals surface area (Å²) in [5.74, 6) is 0.566. The largest absolute Gasteiger partial charge is 0.490 e. The fraction of sp³-hybridized carbons (Fsp3) is 0.280. The van der Waals surface area contributed by atoms with Crippen molar-refractivity contribution in [3.05, 3.63) is 84.5 Å². The number of carbonyl (C=O) groups excluding carboxylic acids is 2. The molecule has 0 radical (unpaired) electrons. The minimum absolute atomic E-state index is 0.268. The summed E-state index contributed by atoms with van der Waals surface area (Å²) >= 11 is 0. The molecule has 1 aliphatic carbocycles. The summed E-state index contributed by atoms with van der Waals surface area (Å²) in [6.07, 6.45) is 12.2. The van der Waals surface area contributed by atoms with Crippen molar-refractivity contribution in [2.24, 2.45) is 0 Å². The summed E-state index contributed by atoms with van der Waals surface area (Å²) in [5.41, 5.74) is 1.78. The molecule has 162 valence electrons. The maximum Gasteiger partial charge on any atom is 0.331 e. The molecule has 1 aliphatic rings. The Balaban J connectivity index is 1.54. The molecule has 0 aliphatic heterocycles. The Morgan fingerprint density at radius 2 is 2.00 bits per heavy atom. The third-order valence-electron chi connectivity index (χ3n) is 4.81. The first-order valence-electron chi connectivity index (χ1n) is 10.4. The number of ether oxygens (including phenoxy) is 2. The van der Waals surface area contributed by atoms with Crippen LogP contribution in [0.25, 0.3) is 6.08 Å². The summed E-state index contributed by atoms with van der Waals surface area (Å²) in [6, 6.07) is 10.9. The summed E-state index contributed by atoms with van der Waals surface area (Å²) in [6.45, 7) is 4.04. The van der Waals surface area contributed by atoms with Crippen LogP contribution >= 0.6 is 0 Å². The molecular formula is C25H27NO5. The Kier molecular flexibility index (Phi) is 8.29. The zero-order valence-corrected chi connectivity index (χ0v) is 17.5. The van der Waals surface area contributed by atoms with Gasteiger partial charge in [0.25, 0.3) is 5.91 Å². The van der Waals surface area contributed by atoms with Crippen LogP contribution in [0.1, 0.15) is 37.0 Å². The van der Waals surface area contributed by atoms with Gasteiger partial charge in [-0.15, -0.1) is 0 Å². The molecule has 0 bridgehead atoms. The lowest BCUT2D eigenvalue weighted by molar-refractivity contribution is -0.147. The SMILES string of the molecule is C=CCOc1ccc(/C=C/C(=O)OCC(=O)N(Cc2ccco2)C2=CCCCC2)cc1. The first-order chi connectivity index (χ1) is 15.2. The van der Waals surface area contributed by atoms with Crippen LogP contribution in [0.15, 0.2) is 77.6 Å². The topological polar surface area (TPSA) is 69.0 Å². The number of amides is 1. The molecule has 1 amide bonds. The maximum absolute atomic E-state index is 12.8. The van der Waals surface area contributed by atoms with Crippen molar-refractivity contribution in [1.29, 1.82) is 0 Å². The Morgan fingerprint density at radius 1 is 1.16 bits per heavy atom. The van der Waals surface area contributed by atoms with Crippen molar-refractivity contribution >= 4 is 18.0 Å². The minimum Gasteiger partial charge on any atom is -0.490 e. The van der Waals surface area contributed by atoms with E-state index in [-0.39, 0.29) is 12.5 Å². The summed E-state index contributed by atoms with van der Waals surface area (Å²) in [4.78, 5) is 26.5. The highest BCUT2D eigenvalue weighted by atomic mass is 16.5. The Bertz CT molecular complexity index is 925. The molecule has 1 aromatic carbocycles. The average Bonchev–Trinajstić information content (AvgIpc) is 3.33. The summed E-state index contributed by atoms with van der Waals surface area (Å²) < 4.78 is 16.0. The highest BCUT2D eigenvalue weighted by Crippen LogP contribution is 2.23. The van der Waals surface area contributed by atoms with Crippen LogP contribution in [0, 0.1) is 0 Å². The number of furan rings is 1.